The Morgan fingerprint density at radius 1 is 1.11 bits per heavy atom. The molecule has 0 fully saturated rings. The fraction of sp³-hybridized carbons (Fsp3) is 0.625. The van der Waals surface area contributed by atoms with Gasteiger partial charge in [-0.3, -0.25) is 0 Å². The molecule has 0 radical (unpaired) electrons. The highest BCUT2D eigenvalue weighted by molar-refractivity contribution is 5.29. The third-order valence-electron chi connectivity index (χ3n) is 3.24. The molecule has 0 bridgehead atoms. The summed E-state index contributed by atoms with van der Waals surface area (Å²) in [6.45, 7) is 7.75. The second-order valence-electron chi connectivity index (χ2n) is 5.21. The van der Waals surface area contributed by atoms with Crippen molar-refractivity contribution in [1.82, 2.24) is 5.32 Å². The number of methoxy groups -OCH3 is 1. The Kier molecular flexibility index (Phi) is 6.81. The van der Waals surface area contributed by atoms with Gasteiger partial charge in [0.2, 0.25) is 0 Å². The van der Waals surface area contributed by atoms with Crippen LogP contribution in [0.3, 0.4) is 0 Å². The van der Waals surface area contributed by atoms with E-state index in [1.807, 2.05) is 12.1 Å². The van der Waals surface area contributed by atoms with Crippen molar-refractivity contribution in [2.24, 2.45) is 5.92 Å². The first-order valence-corrected chi connectivity index (χ1v) is 7.04. The zero-order valence-corrected chi connectivity index (χ0v) is 12.2. The summed E-state index contributed by atoms with van der Waals surface area (Å²) in [4.78, 5) is 0. The summed E-state index contributed by atoms with van der Waals surface area (Å²) < 4.78 is 5.20. The Balaban J connectivity index is 2.58. The van der Waals surface area contributed by atoms with Crippen molar-refractivity contribution in [3.8, 4) is 5.75 Å². The Labute approximate surface area is 112 Å². The van der Waals surface area contributed by atoms with Crippen molar-refractivity contribution in [3.05, 3.63) is 29.8 Å². The van der Waals surface area contributed by atoms with E-state index in [9.17, 15) is 0 Å². The number of hydrogen-bond donors (Lipinski definition) is 1. The van der Waals surface area contributed by atoms with Crippen molar-refractivity contribution in [2.75, 3.05) is 13.7 Å². The molecule has 2 heteroatoms. The van der Waals surface area contributed by atoms with E-state index in [2.05, 4.69) is 38.2 Å². The average Bonchev–Trinajstić information content (AvgIpc) is 2.37. The van der Waals surface area contributed by atoms with Crippen LogP contribution >= 0.6 is 0 Å². The van der Waals surface area contributed by atoms with E-state index in [1.165, 1.54) is 24.8 Å². The van der Waals surface area contributed by atoms with E-state index >= 15 is 0 Å². The van der Waals surface area contributed by atoms with Crippen LogP contribution < -0.4 is 10.1 Å². The molecule has 0 aliphatic heterocycles. The quantitative estimate of drug-likeness (QED) is 0.746. The minimum Gasteiger partial charge on any atom is -0.497 e. The molecular formula is C16H27NO. The highest BCUT2D eigenvalue weighted by Gasteiger charge is 2.10. The normalized spacial score (nSPS) is 12.7. The van der Waals surface area contributed by atoms with Crippen LogP contribution in [0.15, 0.2) is 24.3 Å². The molecule has 18 heavy (non-hydrogen) atoms. The topological polar surface area (TPSA) is 21.3 Å². The molecule has 1 aromatic rings. The van der Waals surface area contributed by atoms with Gasteiger partial charge in [-0.15, -0.1) is 0 Å². The van der Waals surface area contributed by atoms with Crippen LogP contribution in [0.4, 0.5) is 0 Å². The number of rotatable bonds is 8. The van der Waals surface area contributed by atoms with Crippen LogP contribution in [-0.4, -0.2) is 13.7 Å². The Morgan fingerprint density at radius 3 is 2.28 bits per heavy atom. The average molecular weight is 249 g/mol. The summed E-state index contributed by atoms with van der Waals surface area (Å²) in [5.74, 6) is 1.72. The molecule has 0 amide bonds. The minimum atomic E-state index is 0.472. The molecule has 0 aliphatic rings. The van der Waals surface area contributed by atoms with Crippen molar-refractivity contribution in [2.45, 2.75) is 46.1 Å². The lowest BCUT2D eigenvalue weighted by molar-refractivity contribution is 0.413. The van der Waals surface area contributed by atoms with Crippen LogP contribution in [0.25, 0.3) is 0 Å². The van der Waals surface area contributed by atoms with E-state index < -0.39 is 0 Å². The molecule has 2 nitrogen and oxygen atoms in total. The lowest BCUT2D eigenvalue weighted by Gasteiger charge is -2.19. The summed E-state index contributed by atoms with van der Waals surface area (Å²) >= 11 is 0. The van der Waals surface area contributed by atoms with E-state index in [0.717, 1.165) is 18.2 Å². The van der Waals surface area contributed by atoms with Gasteiger partial charge in [0.15, 0.2) is 0 Å². The molecular weight excluding hydrogens is 222 g/mol. The predicted octanol–water partition coefficient (Wildman–Crippen LogP) is 4.17. The van der Waals surface area contributed by atoms with Crippen molar-refractivity contribution >= 4 is 0 Å². The number of hydrogen-bond acceptors (Lipinski definition) is 2. The molecule has 0 spiro atoms. The zero-order chi connectivity index (χ0) is 13.4. The van der Waals surface area contributed by atoms with Gasteiger partial charge < -0.3 is 10.1 Å². The van der Waals surface area contributed by atoms with Gasteiger partial charge in [0.1, 0.15) is 5.75 Å². The molecule has 0 saturated carbocycles. The van der Waals surface area contributed by atoms with E-state index in [0.29, 0.717) is 6.04 Å². The number of ether oxygens (including phenoxy) is 1. The summed E-state index contributed by atoms with van der Waals surface area (Å²) in [6, 6.07) is 8.90. The summed E-state index contributed by atoms with van der Waals surface area (Å²) in [5, 5.41) is 3.57. The molecule has 0 aromatic heterocycles. The Morgan fingerprint density at radius 2 is 1.78 bits per heavy atom. The fourth-order valence-electron chi connectivity index (χ4n) is 2.20. The first-order valence-electron chi connectivity index (χ1n) is 7.04. The van der Waals surface area contributed by atoms with Crippen LogP contribution in [0.1, 0.15) is 51.6 Å². The molecule has 1 rings (SSSR count). The maximum Gasteiger partial charge on any atom is 0.118 e. The third kappa shape index (κ3) is 5.09. The molecule has 1 aromatic carbocycles. The smallest absolute Gasteiger partial charge is 0.118 e. The second-order valence-corrected chi connectivity index (χ2v) is 5.21. The lowest BCUT2D eigenvalue weighted by atomic mass is 9.98. The predicted molar refractivity (Wildman–Crippen MR) is 78.1 cm³/mol. The molecule has 102 valence electrons. The van der Waals surface area contributed by atoms with Gasteiger partial charge in [0.05, 0.1) is 7.11 Å². The maximum absolute atomic E-state index is 5.20. The van der Waals surface area contributed by atoms with Crippen molar-refractivity contribution in [1.29, 1.82) is 0 Å². The van der Waals surface area contributed by atoms with Crippen LogP contribution in [0.2, 0.25) is 0 Å². The van der Waals surface area contributed by atoms with Crippen LogP contribution in [-0.2, 0) is 0 Å². The maximum atomic E-state index is 5.20. The second kappa shape index (κ2) is 8.15. The van der Waals surface area contributed by atoms with Gasteiger partial charge >= 0.3 is 0 Å². The van der Waals surface area contributed by atoms with E-state index in [-0.39, 0.29) is 0 Å². The number of benzene rings is 1. The minimum absolute atomic E-state index is 0.472. The molecule has 0 aliphatic carbocycles. The molecule has 1 unspecified atom stereocenters. The SMILES string of the molecule is CCNC(CCCC(C)C)c1ccc(OC)cc1. The van der Waals surface area contributed by atoms with Crippen molar-refractivity contribution in [3.63, 3.8) is 0 Å². The van der Waals surface area contributed by atoms with Gasteiger partial charge in [-0.05, 0) is 36.6 Å². The largest absolute Gasteiger partial charge is 0.497 e. The van der Waals surface area contributed by atoms with E-state index in [4.69, 9.17) is 4.74 Å². The van der Waals surface area contributed by atoms with Gasteiger partial charge in [-0.1, -0.05) is 45.7 Å². The standard InChI is InChI=1S/C16H27NO/c1-5-17-16(8-6-7-13(2)3)14-9-11-15(18-4)12-10-14/h9-13,16-17H,5-8H2,1-4H3. The number of nitrogens with one attached hydrogen (secondary N) is 1. The van der Waals surface area contributed by atoms with Crippen molar-refractivity contribution < 1.29 is 4.74 Å². The van der Waals surface area contributed by atoms with Gasteiger partial charge in [0.25, 0.3) is 0 Å². The van der Waals surface area contributed by atoms with Crippen LogP contribution in [0, 0.1) is 5.92 Å². The zero-order valence-electron chi connectivity index (χ0n) is 12.2. The first kappa shape index (κ1) is 15.0. The fourth-order valence-corrected chi connectivity index (χ4v) is 2.20. The molecule has 1 atom stereocenters. The highest BCUT2D eigenvalue weighted by Crippen LogP contribution is 2.23. The Hall–Kier alpha value is -1.02. The monoisotopic (exact) mass is 249 g/mol. The van der Waals surface area contributed by atoms with Gasteiger partial charge in [-0.25, -0.2) is 0 Å². The summed E-state index contributed by atoms with van der Waals surface area (Å²) in [5.41, 5.74) is 1.36. The Bertz CT molecular complexity index is 318. The van der Waals surface area contributed by atoms with E-state index in [1.54, 1.807) is 7.11 Å². The highest BCUT2D eigenvalue weighted by atomic mass is 16.5. The van der Waals surface area contributed by atoms with Gasteiger partial charge in [-0.2, -0.15) is 0 Å². The third-order valence-corrected chi connectivity index (χ3v) is 3.24. The molecule has 1 N–H and O–H groups in total. The van der Waals surface area contributed by atoms with Crippen LogP contribution in [0.5, 0.6) is 5.75 Å². The first-order chi connectivity index (χ1) is 8.67. The lowest BCUT2D eigenvalue weighted by Crippen LogP contribution is -2.20. The summed E-state index contributed by atoms with van der Waals surface area (Å²) in [7, 11) is 1.71. The molecule has 0 heterocycles. The van der Waals surface area contributed by atoms with Gasteiger partial charge in [0, 0.05) is 6.04 Å². The summed E-state index contributed by atoms with van der Waals surface area (Å²) in [6.07, 6.45) is 3.79. The molecule has 0 saturated heterocycles.